The molecule has 4 amide bonds. The third-order valence-corrected chi connectivity index (χ3v) is 10.3. The number of amides is 4. The molecule has 4 bridgehead atoms. The SMILES string of the molecule is CC(C)C[C@@H]1NC(=O)CCCN(C(=O)[C@H]2CCCCN2)CCCNC(=O)c2csc(n2)[C@H](Cc2ccccc2)NC(=O)c2csc1n2.Cl. The van der Waals surface area contributed by atoms with Crippen LogP contribution in [0.4, 0.5) is 0 Å². The van der Waals surface area contributed by atoms with Gasteiger partial charge in [-0.2, -0.15) is 0 Å². The highest BCUT2D eigenvalue weighted by Crippen LogP contribution is 2.27. The fourth-order valence-corrected chi connectivity index (χ4v) is 7.67. The normalized spacial score (nSPS) is 21.7. The molecule has 2 aliphatic rings. The summed E-state index contributed by atoms with van der Waals surface area (Å²) in [5, 5.41) is 17.3. The van der Waals surface area contributed by atoms with Crippen LogP contribution < -0.4 is 21.3 Å². The lowest BCUT2D eigenvalue weighted by Crippen LogP contribution is -2.49. The Morgan fingerprint density at radius 1 is 0.875 bits per heavy atom. The molecule has 1 fully saturated rings. The van der Waals surface area contributed by atoms with Gasteiger partial charge < -0.3 is 26.2 Å². The van der Waals surface area contributed by atoms with Gasteiger partial charge in [0.1, 0.15) is 21.4 Å². The number of aromatic nitrogens is 2. The number of thiazole rings is 2. The standard InChI is InChI=1S/C34H45N7O4S2.ClH/c1-22(2)18-25-32-40-28(21-47-32)31(44)38-26(19-23-10-4-3-5-11-23)33-39-27(20-46-33)30(43)36-15-9-17-41(16-8-13-29(42)37-25)34(45)24-12-6-7-14-35-24;/h3-5,10-11,20-22,24-26,35H,6-9,12-19H2,1-2H3,(H,36,43)(H,37,42)(H,38,44);1H/t24-,25+,26+;/m1./s1. The lowest BCUT2D eigenvalue weighted by molar-refractivity contribution is -0.134. The molecular weight excluding hydrogens is 670 g/mol. The zero-order valence-electron chi connectivity index (χ0n) is 27.5. The maximum Gasteiger partial charge on any atom is 0.271 e. The molecule has 4 heterocycles. The third kappa shape index (κ3) is 10.6. The number of nitrogens with one attached hydrogen (secondary N) is 4. The van der Waals surface area contributed by atoms with E-state index in [1.807, 2.05) is 35.2 Å². The molecule has 2 aromatic heterocycles. The summed E-state index contributed by atoms with van der Waals surface area (Å²) in [4.78, 5) is 64.4. The average molecular weight is 716 g/mol. The average Bonchev–Trinajstić information content (AvgIpc) is 3.77. The number of hydrogen-bond acceptors (Lipinski definition) is 9. The van der Waals surface area contributed by atoms with Gasteiger partial charge >= 0.3 is 0 Å². The van der Waals surface area contributed by atoms with Crippen LogP contribution in [0.5, 0.6) is 0 Å². The Balaban J connectivity index is 0.00000520. The number of carbonyl (C=O) groups is 4. The molecule has 1 aromatic carbocycles. The molecule has 5 rings (SSSR count). The minimum Gasteiger partial charge on any atom is -0.351 e. The highest BCUT2D eigenvalue weighted by Gasteiger charge is 2.27. The van der Waals surface area contributed by atoms with Gasteiger partial charge in [-0.15, -0.1) is 35.1 Å². The smallest absolute Gasteiger partial charge is 0.271 e. The van der Waals surface area contributed by atoms with Gasteiger partial charge in [0.25, 0.3) is 11.8 Å². The molecule has 0 radical (unpaired) electrons. The Kier molecular flexibility index (Phi) is 14.3. The lowest BCUT2D eigenvalue weighted by Gasteiger charge is -2.30. The molecule has 0 aliphatic carbocycles. The van der Waals surface area contributed by atoms with Crippen molar-refractivity contribution in [1.82, 2.24) is 36.1 Å². The maximum atomic E-state index is 13.5. The van der Waals surface area contributed by atoms with Gasteiger partial charge in [-0.3, -0.25) is 19.2 Å². The second-order valence-corrected chi connectivity index (χ2v) is 14.4. The second kappa shape index (κ2) is 18.4. The van der Waals surface area contributed by atoms with Crippen LogP contribution in [-0.2, 0) is 16.0 Å². The van der Waals surface area contributed by atoms with E-state index >= 15 is 0 Å². The number of piperidine rings is 1. The van der Waals surface area contributed by atoms with Crippen LogP contribution in [0.3, 0.4) is 0 Å². The van der Waals surface area contributed by atoms with E-state index in [-0.39, 0.29) is 66.2 Å². The second-order valence-electron chi connectivity index (χ2n) is 12.6. The van der Waals surface area contributed by atoms with Crippen molar-refractivity contribution in [2.24, 2.45) is 5.92 Å². The number of hydrogen-bond donors (Lipinski definition) is 4. The van der Waals surface area contributed by atoms with E-state index in [1.54, 1.807) is 10.8 Å². The Labute approximate surface area is 296 Å². The first-order chi connectivity index (χ1) is 22.8. The zero-order chi connectivity index (χ0) is 33.2. The van der Waals surface area contributed by atoms with Crippen LogP contribution in [0.25, 0.3) is 0 Å². The Bertz CT molecular complexity index is 1510. The first kappa shape index (κ1) is 37.4. The van der Waals surface area contributed by atoms with Gasteiger partial charge in [0, 0.05) is 36.8 Å². The molecule has 3 atom stereocenters. The van der Waals surface area contributed by atoms with Gasteiger partial charge in [-0.1, -0.05) is 50.6 Å². The quantitative estimate of drug-likeness (QED) is 0.296. The van der Waals surface area contributed by atoms with Crippen LogP contribution >= 0.6 is 35.1 Å². The molecule has 260 valence electrons. The van der Waals surface area contributed by atoms with Crippen LogP contribution in [0, 0.1) is 5.92 Å². The Morgan fingerprint density at radius 3 is 2.25 bits per heavy atom. The summed E-state index contributed by atoms with van der Waals surface area (Å²) in [7, 11) is 0. The van der Waals surface area contributed by atoms with E-state index in [9.17, 15) is 19.2 Å². The predicted molar refractivity (Wildman–Crippen MR) is 191 cm³/mol. The van der Waals surface area contributed by atoms with Crippen LogP contribution in [0.15, 0.2) is 41.1 Å². The highest BCUT2D eigenvalue weighted by molar-refractivity contribution is 7.10. The van der Waals surface area contributed by atoms with E-state index in [0.717, 1.165) is 31.4 Å². The molecule has 0 saturated carbocycles. The fourth-order valence-electron chi connectivity index (χ4n) is 5.95. The third-order valence-electron chi connectivity index (χ3n) is 8.38. The predicted octanol–water partition coefficient (Wildman–Crippen LogP) is 4.82. The maximum absolute atomic E-state index is 13.5. The van der Waals surface area contributed by atoms with E-state index < -0.39 is 6.04 Å². The summed E-state index contributed by atoms with van der Waals surface area (Å²) >= 11 is 2.68. The van der Waals surface area contributed by atoms with Gasteiger partial charge in [-0.25, -0.2) is 9.97 Å². The van der Waals surface area contributed by atoms with Crippen molar-refractivity contribution in [3.63, 3.8) is 0 Å². The molecule has 0 spiro atoms. The zero-order valence-corrected chi connectivity index (χ0v) is 30.0. The van der Waals surface area contributed by atoms with Crippen molar-refractivity contribution >= 4 is 58.7 Å². The van der Waals surface area contributed by atoms with Crippen molar-refractivity contribution < 1.29 is 19.2 Å². The number of carbonyl (C=O) groups excluding carboxylic acids is 4. The summed E-state index contributed by atoms with van der Waals surface area (Å²) in [5.41, 5.74) is 1.59. The van der Waals surface area contributed by atoms with Crippen molar-refractivity contribution in [1.29, 1.82) is 0 Å². The summed E-state index contributed by atoms with van der Waals surface area (Å²) < 4.78 is 0. The summed E-state index contributed by atoms with van der Waals surface area (Å²) in [5.74, 6) is -0.411. The van der Waals surface area contributed by atoms with Gasteiger partial charge in [0.05, 0.1) is 18.1 Å². The molecule has 48 heavy (non-hydrogen) atoms. The molecule has 3 aromatic rings. The van der Waals surface area contributed by atoms with E-state index in [2.05, 4.69) is 45.1 Å². The topological polar surface area (TPSA) is 145 Å². The fraction of sp³-hybridized carbons (Fsp3) is 0.529. The van der Waals surface area contributed by atoms with E-state index in [0.29, 0.717) is 61.0 Å². The molecule has 11 nitrogen and oxygen atoms in total. The molecule has 14 heteroatoms. The number of halogens is 1. The van der Waals surface area contributed by atoms with Gasteiger partial charge in [-0.05, 0) is 56.6 Å². The molecule has 2 aliphatic heterocycles. The number of nitrogens with zero attached hydrogens (tertiary/aromatic N) is 3. The molecule has 1 saturated heterocycles. The van der Waals surface area contributed by atoms with Crippen LogP contribution in [0.2, 0.25) is 0 Å². The first-order valence-electron chi connectivity index (χ1n) is 16.6. The number of fused-ring (bicyclic) bond motifs is 4. The summed E-state index contributed by atoms with van der Waals surface area (Å²) in [6, 6.07) is 8.79. The highest BCUT2D eigenvalue weighted by atomic mass is 35.5. The van der Waals surface area contributed by atoms with E-state index in [4.69, 9.17) is 0 Å². The van der Waals surface area contributed by atoms with Crippen LogP contribution in [0.1, 0.15) is 107 Å². The molecule has 4 N–H and O–H groups in total. The minimum absolute atomic E-state index is 0. The first-order valence-corrected chi connectivity index (χ1v) is 18.4. The van der Waals surface area contributed by atoms with Crippen molar-refractivity contribution in [2.45, 2.75) is 83.3 Å². The monoisotopic (exact) mass is 715 g/mol. The van der Waals surface area contributed by atoms with E-state index in [1.165, 1.54) is 22.7 Å². The Hall–Kier alpha value is -3.39. The molecule has 0 unspecified atom stereocenters. The van der Waals surface area contributed by atoms with Gasteiger partial charge in [0.15, 0.2) is 0 Å². The van der Waals surface area contributed by atoms with Crippen molar-refractivity contribution in [3.05, 3.63) is 68.1 Å². The van der Waals surface area contributed by atoms with Crippen LogP contribution in [-0.4, -0.2) is 70.7 Å². The van der Waals surface area contributed by atoms with Gasteiger partial charge in [0.2, 0.25) is 11.8 Å². The summed E-state index contributed by atoms with van der Waals surface area (Å²) in [6.45, 7) is 6.30. The van der Waals surface area contributed by atoms with Crippen molar-refractivity contribution in [2.75, 3.05) is 26.2 Å². The number of benzene rings is 1. The summed E-state index contributed by atoms with van der Waals surface area (Å²) in [6.07, 6.45) is 5.39. The lowest BCUT2D eigenvalue weighted by atomic mass is 10.0. The van der Waals surface area contributed by atoms with Crippen molar-refractivity contribution in [3.8, 4) is 0 Å². The largest absolute Gasteiger partial charge is 0.351 e. The molecular formula is C34H46ClN7O4S2. The minimum atomic E-state index is -0.477. The Morgan fingerprint density at radius 2 is 1.56 bits per heavy atom. The number of rotatable bonds is 5.